The summed E-state index contributed by atoms with van der Waals surface area (Å²) in [5, 5.41) is 9.18. The Balaban J connectivity index is 2.03. The average Bonchev–Trinajstić information content (AvgIpc) is 2.48. The molecule has 21 heavy (non-hydrogen) atoms. The van der Waals surface area contributed by atoms with Crippen molar-refractivity contribution in [3.8, 4) is 6.07 Å². The minimum absolute atomic E-state index is 0.0366. The van der Waals surface area contributed by atoms with Crippen molar-refractivity contribution < 1.29 is 18.0 Å². The summed E-state index contributed by atoms with van der Waals surface area (Å²) < 4.78 is 37.8. The lowest BCUT2D eigenvalue weighted by Gasteiger charge is -2.29. The number of nitriles is 1. The van der Waals surface area contributed by atoms with Crippen LogP contribution in [0.25, 0.3) is 0 Å². The molecule has 3 nitrogen and oxygen atoms in total. The van der Waals surface area contributed by atoms with Crippen molar-refractivity contribution in [1.29, 1.82) is 5.26 Å². The highest BCUT2D eigenvalue weighted by molar-refractivity contribution is 5.90. The zero-order valence-electron chi connectivity index (χ0n) is 11.3. The van der Waals surface area contributed by atoms with Gasteiger partial charge in [0.15, 0.2) is 5.78 Å². The van der Waals surface area contributed by atoms with Crippen LogP contribution < -0.4 is 0 Å². The number of halogens is 3. The number of nitrogens with zero attached hydrogens (tertiary/aromatic N) is 2. The normalized spacial score (nSPS) is 24.1. The lowest BCUT2D eigenvalue weighted by atomic mass is 9.76. The van der Waals surface area contributed by atoms with Crippen LogP contribution in [0.1, 0.15) is 37.2 Å². The molecule has 0 aliphatic heterocycles. The van der Waals surface area contributed by atoms with Crippen LogP contribution in [0.5, 0.6) is 0 Å². The maximum Gasteiger partial charge on any atom is 0.391 e. The van der Waals surface area contributed by atoms with Gasteiger partial charge < -0.3 is 0 Å². The second-order valence-electron chi connectivity index (χ2n) is 5.34. The molecule has 6 heteroatoms. The number of pyridine rings is 1. The third-order valence-corrected chi connectivity index (χ3v) is 4.02. The van der Waals surface area contributed by atoms with E-state index in [-0.39, 0.29) is 31.5 Å². The van der Waals surface area contributed by atoms with E-state index in [0.29, 0.717) is 5.56 Å². The standard InChI is InChI=1S/C15H15F3N2O/c16-15(17,18)12-5-3-10(4-6-12)14(21)13(8-19)11-2-1-7-20-9-11/h1-2,7,9-10,12-13H,3-6H2. The fourth-order valence-electron chi connectivity index (χ4n) is 2.79. The van der Waals surface area contributed by atoms with E-state index in [1.807, 2.05) is 6.07 Å². The van der Waals surface area contributed by atoms with E-state index in [4.69, 9.17) is 0 Å². The van der Waals surface area contributed by atoms with Crippen molar-refractivity contribution in [2.45, 2.75) is 37.8 Å². The van der Waals surface area contributed by atoms with Gasteiger partial charge in [0.1, 0.15) is 5.92 Å². The van der Waals surface area contributed by atoms with Gasteiger partial charge in [-0.05, 0) is 37.3 Å². The molecule has 1 aromatic rings. The van der Waals surface area contributed by atoms with Crippen molar-refractivity contribution in [3.05, 3.63) is 30.1 Å². The van der Waals surface area contributed by atoms with Gasteiger partial charge in [0.05, 0.1) is 12.0 Å². The van der Waals surface area contributed by atoms with Crippen LogP contribution in [0.3, 0.4) is 0 Å². The van der Waals surface area contributed by atoms with Gasteiger partial charge in [0.2, 0.25) is 0 Å². The molecule has 1 atom stereocenters. The average molecular weight is 296 g/mol. The molecule has 1 aromatic heterocycles. The molecule has 0 amide bonds. The zero-order valence-corrected chi connectivity index (χ0v) is 11.3. The Kier molecular flexibility index (Phi) is 4.61. The summed E-state index contributed by atoms with van der Waals surface area (Å²) >= 11 is 0. The van der Waals surface area contributed by atoms with Gasteiger partial charge >= 0.3 is 6.18 Å². The van der Waals surface area contributed by atoms with Gasteiger partial charge in [0.25, 0.3) is 0 Å². The van der Waals surface area contributed by atoms with Gasteiger partial charge in [-0.1, -0.05) is 6.07 Å². The fourth-order valence-corrected chi connectivity index (χ4v) is 2.79. The summed E-state index contributed by atoms with van der Waals surface area (Å²) in [6, 6.07) is 5.22. The fraction of sp³-hybridized carbons (Fsp3) is 0.533. The predicted octanol–water partition coefficient (Wildman–Crippen LogP) is 3.63. The Labute approximate surface area is 120 Å². The van der Waals surface area contributed by atoms with E-state index >= 15 is 0 Å². The van der Waals surface area contributed by atoms with Crippen LogP contribution in [-0.4, -0.2) is 16.9 Å². The van der Waals surface area contributed by atoms with E-state index in [1.165, 1.54) is 12.4 Å². The molecule has 1 aliphatic carbocycles. The monoisotopic (exact) mass is 296 g/mol. The SMILES string of the molecule is N#CC(C(=O)C1CCC(C(F)(F)F)CC1)c1cccnc1. The summed E-state index contributed by atoms with van der Waals surface area (Å²) in [6.45, 7) is 0. The highest BCUT2D eigenvalue weighted by atomic mass is 19.4. The van der Waals surface area contributed by atoms with E-state index in [1.54, 1.807) is 12.1 Å². The molecular formula is C15H15F3N2O. The lowest BCUT2D eigenvalue weighted by molar-refractivity contribution is -0.184. The second kappa shape index (κ2) is 6.25. The molecule has 1 saturated carbocycles. The third-order valence-electron chi connectivity index (χ3n) is 4.02. The molecular weight excluding hydrogens is 281 g/mol. The second-order valence-corrected chi connectivity index (χ2v) is 5.34. The summed E-state index contributed by atoms with van der Waals surface area (Å²) in [4.78, 5) is 16.2. The van der Waals surface area contributed by atoms with Gasteiger partial charge in [-0.3, -0.25) is 9.78 Å². The molecule has 112 valence electrons. The Hall–Kier alpha value is -1.90. The largest absolute Gasteiger partial charge is 0.391 e. The summed E-state index contributed by atoms with van der Waals surface area (Å²) in [5.41, 5.74) is 0.503. The van der Waals surface area contributed by atoms with E-state index in [9.17, 15) is 23.2 Å². The maximum atomic E-state index is 12.6. The smallest absolute Gasteiger partial charge is 0.298 e. The molecule has 0 saturated heterocycles. The van der Waals surface area contributed by atoms with Crippen molar-refractivity contribution in [1.82, 2.24) is 4.98 Å². The lowest BCUT2D eigenvalue weighted by Crippen LogP contribution is -2.32. The Morgan fingerprint density at radius 3 is 2.48 bits per heavy atom. The van der Waals surface area contributed by atoms with E-state index in [2.05, 4.69) is 4.98 Å². The van der Waals surface area contributed by atoms with Crippen molar-refractivity contribution in [2.75, 3.05) is 0 Å². The number of Topliss-reactive ketones (excluding diaryl/α,β-unsaturated/α-hetero) is 1. The van der Waals surface area contributed by atoms with Gasteiger partial charge in [-0.2, -0.15) is 18.4 Å². The third kappa shape index (κ3) is 3.60. The molecule has 1 unspecified atom stereocenters. The number of alkyl halides is 3. The Morgan fingerprint density at radius 2 is 2.00 bits per heavy atom. The molecule has 1 heterocycles. The Morgan fingerprint density at radius 1 is 1.33 bits per heavy atom. The van der Waals surface area contributed by atoms with Gasteiger partial charge in [-0.15, -0.1) is 0 Å². The van der Waals surface area contributed by atoms with Gasteiger partial charge in [0, 0.05) is 18.3 Å². The minimum Gasteiger partial charge on any atom is -0.298 e. The first kappa shape index (κ1) is 15.5. The molecule has 1 aliphatic rings. The first-order chi connectivity index (χ1) is 9.93. The minimum atomic E-state index is -4.19. The van der Waals surface area contributed by atoms with Crippen LogP contribution in [0.2, 0.25) is 0 Å². The van der Waals surface area contributed by atoms with E-state index in [0.717, 1.165) is 0 Å². The van der Waals surface area contributed by atoms with Crippen molar-refractivity contribution >= 4 is 5.78 Å². The van der Waals surface area contributed by atoms with E-state index < -0.39 is 23.9 Å². The molecule has 0 spiro atoms. The molecule has 0 radical (unpaired) electrons. The summed E-state index contributed by atoms with van der Waals surface area (Å²) in [7, 11) is 0. The molecule has 1 fully saturated rings. The summed E-state index contributed by atoms with van der Waals surface area (Å²) in [6.07, 6.45) is -0.880. The van der Waals surface area contributed by atoms with Crippen molar-refractivity contribution in [2.24, 2.45) is 11.8 Å². The van der Waals surface area contributed by atoms with Gasteiger partial charge in [-0.25, -0.2) is 0 Å². The van der Waals surface area contributed by atoms with Crippen LogP contribution >= 0.6 is 0 Å². The first-order valence-corrected chi connectivity index (χ1v) is 6.83. The number of aromatic nitrogens is 1. The van der Waals surface area contributed by atoms with Crippen molar-refractivity contribution in [3.63, 3.8) is 0 Å². The quantitative estimate of drug-likeness (QED) is 0.856. The van der Waals surface area contributed by atoms with Crippen LogP contribution in [0.15, 0.2) is 24.5 Å². The number of hydrogen-bond donors (Lipinski definition) is 0. The molecule has 0 bridgehead atoms. The first-order valence-electron chi connectivity index (χ1n) is 6.83. The maximum absolute atomic E-state index is 12.6. The molecule has 2 rings (SSSR count). The molecule has 0 aromatic carbocycles. The molecule has 0 N–H and O–H groups in total. The van der Waals surface area contributed by atoms with Crippen LogP contribution in [0, 0.1) is 23.2 Å². The number of hydrogen-bond acceptors (Lipinski definition) is 3. The zero-order chi connectivity index (χ0) is 15.5. The number of ketones is 1. The number of carbonyl (C=O) groups excluding carboxylic acids is 1. The number of carbonyl (C=O) groups is 1. The highest BCUT2D eigenvalue weighted by Crippen LogP contribution is 2.40. The predicted molar refractivity (Wildman–Crippen MR) is 69.1 cm³/mol. The topological polar surface area (TPSA) is 53.8 Å². The van der Waals surface area contributed by atoms with Crippen LogP contribution in [0.4, 0.5) is 13.2 Å². The Bertz CT molecular complexity index is 528. The summed E-state index contributed by atoms with van der Waals surface area (Å²) in [5.74, 6) is -3.01. The number of rotatable bonds is 3. The van der Waals surface area contributed by atoms with Crippen LogP contribution in [-0.2, 0) is 4.79 Å². The highest BCUT2D eigenvalue weighted by Gasteiger charge is 2.43.